The van der Waals surface area contributed by atoms with Crippen molar-refractivity contribution in [1.29, 1.82) is 0 Å². The molecule has 2 saturated heterocycles. The molecule has 0 radical (unpaired) electrons. The third kappa shape index (κ3) is 5.29. The summed E-state index contributed by atoms with van der Waals surface area (Å²) in [5.74, 6) is 1.17. The molecular weight excluding hydrogens is 449 g/mol. The maximum Gasteiger partial charge on any atom is 0.220 e. The van der Waals surface area contributed by atoms with Gasteiger partial charge in [-0.2, -0.15) is 0 Å². The van der Waals surface area contributed by atoms with Gasteiger partial charge in [0.25, 0.3) is 0 Å². The Hall–Kier alpha value is -0.900. The van der Waals surface area contributed by atoms with Crippen LogP contribution < -0.4 is 10.6 Å². The number of rotatable bonds is 4. The molecule has 1 aromatic rings. The zero-order chi connectivity index (χ0) is 17.0. The predicted octanol–water partition coefficient (Wildman–Crippen LogP) is 2.18. The maximum absolute atomic E-state index is 11.7. The Bertz CT molecular complexity index is 620. The largest absolute Gasteiger partial charge is 0.357 e. The number of thiazole rings is 1. The Labute approximate surface area is 170 Å². The van der Waals surface area contributed by atoms with Crippen LogP contribution in [0.3, 0.4) is 0 Å². The standard InChI is InChI=1S/C17H27N5OS.HI/c1-3-18-16(19-7-5-14-10-24-13(2)21-14)22-8-4-6-17(12-22)9-15(23)20-11-17;/h10H,3-9,11-12H2,1-2H3,(H,18,19)(H,20,23);1H. The zero-order valence-electron chi connectivity index (χ0n) is 15.0. The van der Waals surface area contributed by atoms with Gasteiger partial charge >= 0.3 is 0 Å². The number of guanidine groups is 1. The minimum Gasteiger partial charge on any atom is -0.357 e. The number of nitrogens with one attached hydrogen (secondary N) is 2. The lowest BCUT2D eigenvalue weighted by Gasteiger charge is -2.40. The van der Waals surface area contributed by atoms with Gasteiger partial charge in [-0.1, -0.05) is 0 Å². The Morgan fingerprint density at radius 3 is 3.04 bits per heavy atom. The topological polar surface area (TPSA) is 69.6 Å². The van der Waals surface area contributed by atoms with Crippen molar-refractivity contribution in [3.8, 4) is 0 Å². The van der Waals surface area contributed by atoms with Gasteiger partial charge in [-0.25, -0.2) is 4.98 Å². The molecule has 2 aliphatic rings. The molecule has 0 saturated carbocycles. The second-order valence-corrected chi connectivity index (χ2v) is 7.88. The lowest BCUT2D eigenvalue weighted by atomic mass is 9.79. The molecule has 0 bridgehead atoms. The fourth-order valence-electron chi connectivity index (χ4n) is 3.65. The minimum atomic E-state index is 0. The lowest BCUT2D eigenvalue weighted by molar-refractivity contribution is -0.119. The molecule has 3 heterocycles. The third-order valence-corrected chi connectivity index (χ3v) is 5.61. The molecule has 1 aromatic heterocycles. The van der Waals surface area contributed by atoms with Crippen LogP contribution in [0.4, 0.5) is 0 Å². The van der Waals surface area contributed by atoms with Crippen LogP contribution >= 0.6 is 35.3 Å². The molecular formula is C17H28IN5OS. The number of nitrogens with zero attached hydrogens (tertiary/aromatic N) is 3. The highest BCUT2D eigenvalue weighted by Crippen LogP contribution is 2.35. The summed E-state index contributed by atoms with van der Waals surface area (Å²) in [6.45, 7) is 8.46. The first-order valence-electron chi connectivity index (χ1n) is 8.81. The van der Waals surface area contributed by atoms with Crippen LogP contribution in [0.5, 0.6) is 0 Å². The SMILES string of the molecule is CCNC(=NCCc1csc(C)n1)N1CCCC2(CNC(=O)C2)C1.I. The Morgan fingerprint density at radius 2 is 2.40 bits per heavy atom. The molecule has 0 aromatic carbocycles. The van der Waals surface area contributed by atoms with E-state index in [1.165, 1.54) is 0 Å². The molecule has 2 fully saturated rings. The van der Waals surface area contributed by atoms with Crippen molar-refractivity contribution >= 4 is 47.2 Å². The number of hydrogen-bond acceptors (Lipinski definition) is 4. The Morgan fingerprint density at radius 1 is 1.56 bits per heavy atom. The van der Waals surface area contributed by atoms with E-state index in [2.05, 4.69) is 32.8 Å². The number of halogens is 1. The van der Waals surface area contributed by atoms with Crippen molar-refractivity contribution in [3.05, 3.63) is 16.1 Å². The number of aromatic nitrogens is 1. The van der Waals surface area contributed by atoms with Crippen molar-refractivity contribution in [2.75, 3.05) is 32.7 Å². The molecule has 25 heavy (non-hydrogen) atoms. The van der Waals surface area contributed by atoms with E-state index in [0.29, 0.717) is 6.42 Å². The van der Waals surface area contributed by atoms with Crippen LogP contribution in [-0.2, 0) is 11.2 Å². The lowest BCUT2D eigenvalue weighted by Crippen LogP contribution is -2.51. The highest BCUT2D eigenvalue weighted by atomic mass is 127. The average molecular weight is 477 g/mol. The fourth-order valence-corrected chi connectivity index (χ4v) is 4.30. The highest BCUT2D eigenvalue weighted by molar-refractivity contribution is 14.0. The van der Waals surface area contributed by atoms with E-state index >= 15 is 0 Å². The molecule has 1 spiro atoms. The van der Waals surface area contributed by atoms with Gasteiger partial charge in [-0.05, 0) is 26.7 Å². The van der Waals surface area contributed by atoms with Crippen molar-refractivity contribution in [1.82, 2.24) is 20.5 Å². The summed E-state index contributed by atoms with van der Waals surface area (Å²) >= 11 is 1.69. The smallest absolute Gasteiger partial charge is 0.220 e. The number of amides is 1. The number of aliphatic imine (C=N–C) groups is 1. The molecule has 8 heteroatoms. The van der Waals surface area contributed by atoms with E-state index in [9.17, 15) is 4.79 Å². The van der Waals surface area contributed by atoms with Crippen LogP contribution in [0.1, 0.15) is 36.9 Å². The van der Waals surface area contributed by atoms with E-state index in [0.717, 1.165) is 68.6 Å². The molecule has 2 N–H and O–H groups in total. The fraction of sp³-hybridized carbons (Fsp3) is 0.706. The number of aryl methyl sites for hydroxylation is 1. The summed E-state index contributed by atoms with van der Waals surface area (Å²) in [6, 6.07) is 0. The predicted molar refractivity (Wildman–Crippen MR) is 113 cm³/mol. The van der Waals surface area contributed by atoms with Crippen LogP contribution in [0, 0.1) is 12.3 Å². The molecule has 6 nitrogen and oxygen atoms in total. The summed E-state index contributed by atoms with van der Waals surface area (Å²) in [5.41, 5.74) is 1.22. The van der Waals surface area contributed by atoms with E-state index in [1.807, 2.05) is 6.92 Å². The minimum absolute atomic E-state index is 0. The molecule has 3 rings (SSSR count). The van der Waals surface area contributed by atoms with Crippen molar-refractivity contribution < 1.29 is 4.79 Å². The van der Waals surface area contributed by atoms with Crippen LogP contribution in [0.25, 0.3) is 0 Å². The van der Waals surface area contributed by atoms with E-state index < -0.39 is 0 Å². The summed E-state index contributed by atoms with van der Waals surface area (Å²) < 4.78 is 0. The number of carbonyl (C=O) groups is 1. The van der Waals surface area contributed by atoms with Crippen molar-refractivity contribution in [2.24, 2.45) is 10.4 Å². The third-order valence-electron chi connectivity index (χ3n) is 4.79. The van der Waals surface area contributed by atoms with Crippen molar-refractivity contribution in [3.63, 3.8) is 0 Å². The molecule has 1 amide bonds. The van der Waals surface area contributed by atoms with Gasteiger partial charge in [-0.15, -0.1) is 35.3 Å². The number of likely N-dealkylation sites (tertiary alicyclic amines) is 1. The first-order valence-corrected chi connectivity index (χ1v) is 9.69. The molecule has 1 unspecified atom stereocenters. The average Bonchev–Trinajstić information content (AvgIpc) is 3.13. The monoisotopic (exact) mass is 477 g/mol. The maximum atomic E-state index is 11.7. The van der Waals surface area contributed by atoms with E-state index in [4.69, 9.17) is 4.99 Å². The second-order valence-electron chi connectivity index (χ2n) is 6.82. The van der Waals surface area contributed by atoms with Gasteiger partial charge in [0.15, 0.2) is 5.96 Å². The van der Waals surface area contributed by atoms with Gasteiger partial charge in [0.05, 0.1) is 10.7 Å². The van der Waals surface area contributed by atoms with E-state index in [1.54, 1.807) is 11.3 Å². The summed E-state index contributed by atoms with van der Waals surface area (Å²) in [5, 5.41) is 9.64. The number of carbonyl (C=O) groups excluding carboxylic acids is 1. The summed E-state index contributed by atoms with van der Waals surface area (Å²) in [6.07, 6.45) is 3.77. The quantitative estimate of drug-likeness (QED) is 0.397. The van der Waals surface area contributed by atoms with Crippen LogP contribution in [0.2, 0.25) is 0 Å². The zero-order valence-corrected chi connectivity index (χ0v) is 18.2. The van der Waals surface area contributed by atoms with Gasteiger partial charge in [0.2, 0.25) is 5.91 Å². The van der Waals surface area contributed by atoms with Gasteiger partial charge in [-0.3, -0.25) is 9.79 Å². The number of hydrogen-bond donors (Lipinski definition) is 2. The van der Waals surface area contributed by atoms with E-state index in [-0.39, 0.29) is 35.3 Å². The van der Waals surface area contributed by atoms with Gasteiger partial charge in [0.1, 0.15) is 0 Å². The normalized spacial score (nSPS) is 23.5. The molecule has 1 atom stereocenters. The van der Waals surface area contributed by atoms with Gasteiger partial charge in [0, 0.05) is 56.4 Å². The Balaban J connectivity index is 0.00000225. The molecule has 140 valence electrons. The van der Waals surface area contributed by atoms with Crippen LogP contribution in [0.15, 0.2) is 10.4 Å². The first-order chi connectivity index (χ1) is 11.6. The van der Waals surface area contributed by atoms with Crippen LogP contribution in [-0.4, -0.2) is 54.5 Å². The second kappa shape index (κ2) is 9.16. The summed E-state index contributed by atoms with van der Waals surface area (Å²) in [7, 11) is 0. The highest BCUT2D eigenvalue weighted by Gasteiger charge is 2.42. The number of piperidine rings is 1. The molecule has 0 aliphatic carbocycles. The Kier molecular flexibility index (Phi) is 7.48. The van der Waals surface area contributed by atoms with Gasteiger partial charge < -0.3 is 15.5 Å². The first kappa shape index (κ1) is 20.4. The van der Waals surface area contributed by atoms with Crippen molar-refractivity contribution in [2.45, 2.75) is 39.5 Å². The molecule has 2 aliphatic heterocycles. The summed E-state index contributed by atoms with van der Waals surface area (Å²) in [4.78, 5) is 23.3.